The summed E-state index contributed by atoms with van der Waals surface area (Å²) >= 11 is 0. The van der Waals surface area contributed by atoms with Crippen LogP contribution in [-0.4, -0.2) is 34.2 Å². The number of nitrogens with two attached hydrogens (primary N) is 1. The van der Waals surface area contributed by atoms with E-state index < -0.39 is 10.8 Å². The highest BCUT2D eigenvalue weighted by Crippen LogP contribution is 2.29. The fourth-order valence-electron chi connectivity index (χ4n) is 3.08. The molecule has 1 aliphatic heterocycles. The molecule has 0 spiro atoms. The third-order valence-corrected chi connectivity index (χ3v) is 5.67. The molecule has 2 aliphatic rings. The summed E-state index contributed by atoms with van der Waals surface area (Å²) in [7, 11) is -0.660. The number of rotatable bonds is 3. The zero-order valence-corrected chi connectivity index (χ0v) is 11.7. The Balaban J connectivity index is 1.84. The molecule has 1 aliphatic carbocycles. The van der Waals surface area contributed by atoms with Crippen molar-refractivity contribution < 1.29 is 9.00 Å². The molecule has 0 radical (unpaired) electrons. The highest BCUT2D eigenvalue weighted by molar-refractivity contribution is 7.85. The number of hydrogen-bond donors (Lipinski definition) is 2. The first-order valence-corrected chi connectivity index (χ1v) is 8.55. The zero-order chi connectivity index (χ0) is 13.0. The van der Waals surface area contributed by atoms with Crippen LogP contribution in [0.25, 0.3) is 0 Å². The van der Waals surface area contributed by atoms with E-state index >= 15 is 0 Å². The molecule has 0 aromatic carbocycles. The second kappa shape index (κ2) is 6.66. The van der Waals surface area contributed by atoms with Crippen molar-refractivity contribution in [1.82, 2.24) is 5.32 Å². The summed E-state index contributed by atoms with van der Waals surface area (Å²) in [6.07, 6.45) is 6.13. The van der Waals surface area contributed by atoms with Gasteiger partial charge < -0.3 is 11.1 Å². The number of nitrogens with one attached hydrogen (secondary N) is 1. The molecule has 5 heteroatoms. The highest BCUT2D eigenvalue weighted by atomic mass is 32.2. The van der Waals surface area contributed by atoms with Crippen LogP contribution >= 0.6 is 0 Å². The molecule has 2 atom stereocenters. The number of hydrogen-bond acceptors (Lipinski definition) is 3. The van der Waals surface area contributed by atoms with Gasteiger partial charge in [0.15, 0.2) is 0 Å². The highest BCUT2D eigenvalue weighted by Gasteiger charge is 2.31. The Kier molecular flexibility index (Phi) is 5.18. The van der Waals surface area contributed by atoms with Crippen molar-refractivity contribution in [1.29, 1.82) is 0 Å². The lowest BCUT2D eigenvalue weighted by Crippen LogP contribution is -2.45. The van der Waals surface area contributed by atoms with Gasteiger partial charge in [0.1, 0.15) is 0 Å². The van der Waals surface area contributed by atoms with E-state index in [-0.39, 0.29) is 17.9 Å². The molecule has 1 heterocycles. The van der Waals surface area contributed by atoms with Crippen LogP contribution in [0.3, 0.4) is 0 Å². The minimum atomic E-state index is -0.660. The Morgan fingerprint density at radius 1 is 1.17 bits per heavy atom. The van der Waals surface area contributed by atoms with E-state index in [1.807, 2.05) is 0 Å². The molecule has 4 nitrogen and oxygen atoms in total. The third-order valence-electron chi connectivity index (χ3n) is 4.28. The third kappa shape index (κ3) is 3.54. The quantitative estimate of drug-likeness (QED) is 0.797. The normalized spacial score (nSPS) is 37.2. The summed E-state index contributed by atoms with van der Waals surface area (Å²) in [4.78, 5) is 12.3. The first-order chi connectivity index (χ1) is 8.70. The molecular weight excluding hydrogens is 248 g/mol. The SMILES string of the molecule is NCC1CCCCC1C(=O)NC1CCS(=O)CC1. The van der Waals surface area contributed by atoms with Crippen molar-refractivity contribution in [3.63, 3.8) is 0 Å². The molecular formula is C13H24N2O2S. The predicted octanol–water partition coefficient (Wildman–Crippen LogP) is 0.779. The van der Waals surface area contributed by atoms with Gasteiger partial charge in [-0.1, -0.05) is 12.8 Å². The first-order valence-electron chi connectivity index (χ1n) is 7.06. The molecule has 18 heavy (non-hydrogen) atoms. The monoisotopic (exact) mass is 272 g/mol. The summed E-state index contributed by atoms with van der Waals surface area (Å²) in [5.41, 5.74) is 5.76. The standard InChI is InChI=1S/C13H24N2O2S/c14-9-10-3-1-2-4-12(10)13(16)15-11-5-7-18(17)8-6-11/h10-12H,1-9,14H2,(H,15,16). The van der Waals surface area contributed by atoms with Crippen LogP contribution in [0.4, 0.5) is 0 Å². The van der Waals surface area contributed by atoms with Crippen molar-refractivity contribution in [3.8, 4) is 0 Å². The smallest absolute Gasteiger partial charge is 0.223 e. The molecule has 1 saturated heterocycles. The van der Waals surface area contributed by atoms with Crippen molar-refractivity contribution >= 4 is 16.7 Å². The minimum Gasteiger partial charge on any atom is -0.353 e. The van der Waals surface area contributed by atoms with Crippen LogP contribution in [-0.2, 0) is 15.6 Å². The lowest BCUT2D eigenvalue weighted by atomic mass is 9.78. The van der Waals surface area contributed by atoms with Crippen molar-refractivity contribution in [2.45, 2.75) is 44.6 Å². The van der Waals surface area contributed by atoms with Crippen LogP contribution < -0.4 is 11.1 Å². The van der Waals surface area contributed by atoms with Crippen molar-refractivity contribution in [2.75, 3.05) is 18.1 Å². The molecule has 2 unspecified atom stereocenters. The topological polar surface area (TPSA) is 72.2 Å². The van der Waals surface area contributed by atoms with Gasteiger partial charge in [-0.25, -0.2) is 0 Å². The molecule has 0 aromatic heterocycles. The Labute approximate surface area is 112 Å². The molecule has 1 saturated carbocycles. The molecule has 0 bridgehead atoms. The van der Waals surface area contributed by atoms with Crippen LogP contribution in [0.1, 0.15) is 38.5 Å². The fourth-order valence-corrected chi connectivity index (χ4v) is 4.38. The van der Waals surface area contributed by atoms with E-state index in [9.17, 15) is 9.00 Å². The number of amides is 1. The number of carbonyl (C=O) groups is 1. The van der Waals surface area contributed by atoms with Gasteiger partial charge >= 0.3 is 0 Å². The van der Waals surface area contributed by atoms with Gasteiger partial charge in [-0.2, -0.15) is 0 Å². The molecule has 0 aromatic rings. The molecule has 104 valence electrons. The Hall–Kier alpha value is -0.420. The Morgan fingerprint density at radius 3 is 2.50 bits per heavy atom. The van der Waals surface area contributed by atoms with E-state index in [4.69, 9.17) is 5.73 Å². The predicted molar refractivity (Wildman–Crippen MR) is 73.5 cm³/mol. The second-order valence-electron chi connectivity index (χ2n) is 5.52. The van der Waals surface area contributed by atoms with Gasteiger partial charge in [0.25, 0.3) is 0 Å². The van der Waals surface area contributed by atoms with Crippen molar-refractivity contribution in [2.24, 2.45) is 17.6 Å². The summed E-state index contributed by atoms with van der Waals surface area (Å²) in [5.74, 6) is 2.11. The lowest BCUT2D eigenvalue weighted by Gasteiger charge is -2.32. The summed E-state index contributed by atoms with van der Waals surface area (Å²) in [6, 6.07) is 0.232. The van der Waals surface area contributed by atoms with Gasteiger partial charge in [0.2, 0.25) is 5.91 Å². The summed E-state index contributed by atoms with van der Waals surface area (Å²) in [6.45, 7) is 0.618. The summed E-state index contributed by atoms with van der Waals surface area (Å²) < 4.78 is 11.3. The van der Waals surface area contributed by atoms with Crippen LogP contribution in [0, 0.1) is 11.8 Å². The number of carbonyl (C=O) groups excluding carboxylic acids is 1. The van der Waals surface area contributed by atoms with Gasteiger partial charge in [-0.05, 0) is 38.1 Å². The van der Waals surface area contributed by atoms with E-state index in [1.54, 1.807) is 0 Å². The lowest BCUT2D eigenvalue weighted by molar-refractivity contribution is -0.128. The van der Waals surface area contributed by atoms with Crippen LogP contribution in [0.5, 0.6) is 0 Å². The van der Waals surface area contributed by atoms with Crippen molar-refractivity contribution in [3.05, 3.63) is 0 Å². The zero-order valence-electron chi connectivity index (χ0n) is 10.9. The van der Waals surface area contributed by atoms with Gasteiger partial charge in [-0.15, -0.1) is 0 Å². The fraction of sp³-hybridized carbons (Fsp3) is 0.923. The molecule has 1 amide bonds. The maximum atomic E-state index is 12.3. The van der Waals surface area contributed by atoms with Crippen LogP contribution in [0.2, 0.25) is 0 Å². The van der Waals surface area contributed by atoms with E-state index in [1.165, 1.54) is 6.42 Å². The minimum absolute atomic E-state index is 0.108. The first kappa shape index (κ1) is 14.0. The van der Waals surface area contributed by atoms with Gasteiger partial charge in [0, 0.05) is 34.3 Å². The van der Waals surface area contributed by atoms with Gasteiger partial charge in [-0.3, -0.25) is 9.00 Å². The molecule has 3 N–H and O–H groups in total. The van der Waals surface area contributed by atoms with Gasteiger partial charge in [0.05, 0.1) is 0 Å². The Bertz CT molecular complexity index is 312. The maximum absolute atomic E-state index is 12.3. The Morgan fingerprint density at radius 2 is 1.83 bits per heavy atom. The molecule has 2 fully saturated rings. The molecule has 2 rings (SSSR count). The average Bonchev–Trinajstić information content (AvgIpc) is 2.41. The second-order valence-corrected chi connectivity index (χ2v) is 7.21. The van der Waals surface area contributed by atoms with Crippen LogP contribution in [0.15, 0.2) is 0 Å². The largest absolute Gasteiger partial charge is 0.353 e. The van der Waals surface area contributed by atoms with E-state index in [0.717, 1.165) is 43.6 Å². The maximum Gasteiger partial charge on any atom is 0.223 e. The average molecular weight is 272 g/mol. The van der Waals surface area contributed by atoms with E-state index in [2.05, 4.69) is 5.32 Å². The summed E-state index contributed by atoms with van der Waals surface area (Å²) in [5, 5.41) is 3.14. The van der Waals surface area contributed by atoms with E-state index in [0.29, 0.717) is 12.5 Å².